The molecule has 0 saturated heterocycles. The molecule has 0 saturated carbocycles. The van der Waals surface area contributed by atoms with Crippen molar-refractivity contribution >= 4 is 30.7 Å². The summed E-state index contributed by atoms with van der Waals surface area (Å²) in [7, 11) is 4.59. The summed E-state index contributed by atoms with van der Waals surface area (Å²) in [5.41, 5.74) is 3.07. The lowest BCUT2D eigenvalue weighted by molar-refractivity contribution is -0.132. The Hall–Kier alpha value is -4.06. The number of aliphatic hydroxyl groups is 1. The molecule has 3 aromatic carbocycles. The zero-order chi connectivity index (χ0) is 31.2. The van der Waals surface area contributed by atoms with E-state index in [-0.39, 0.29) is 13.1 Å². The van der Waals surface area contributed by atoms with Gasteiger partial charge in [-0.25, -0.2) is 0 Å². The van der Waals surface area contributed by atoms with Gasteiger partial charge in [-0.15, -0.1) is 0 Å². The van der Waals surface area contributed by atoms with E-state index in [4.69, 9.17) is 14.2 Å². The van der Waals surface area contributed by atoms with E-state index in [1.165, 1.54) is 7.11 Å². The molecular weight excluding hydrogens is 570 g/mol. The van der Waals surface area contributed by atoms with Crippen molar-refractivity contribution in [2.75, 3.05) is 34.4 Å². The van der Waals surface area contributed by atoms with Gasteiger partial charge in [-0.2, -0.15) is 12.6 Å². The number of carbonyl (C=O) groups is 3. The van der Waals surface area contributed by atoms with Crippen LogP contribution in [0.5, 0.6) is 17.2 Å². The summed E-state index contributed by atoms with van der Waals surface area (Å²) in [5, 5.41) is 18.6. The fraction of sp³-hybridized carbons (Fsp3) is 0.344. The molecule has 3 atom stereocenters. The maximum absolute atomic E-state index is 13.3. The van der Waals surface area contributed by atoms with Crippen LogP contribution >= 0.6 is 12.6 Å². The van der Waals surface area contributed by atoms with E-state index < -0.39 is 29.3 Å². The number of aliphatic hydroxyl groups excluding tert-OH is 1. The van der Waals surface area contributed by atoms with Crippen LogP contribution in [0.3, 0.4) is 0 Å². The van der Waals surface area contributed by atoms with Crippen molar-refractivity contribution in [3.05, 3.63) is 89.0 Å². The number of nitrogens with one attached hydrogen (secondary N) is 3. The van der Waals surface area contributed by atoms with E-state index in [0.29, 0.717) is 48.4 Å². The molecular formula is C32H39N3O7S. The van der Waals surface area contributed by atoms with Gasteiger partial charge in [0, 0.05) is 13.1 Å². The van der Waals surface area contributed by atoms with Crippen molar-refractivity contribution in [1.29, 1.82) is 0 Å². The fourth-order valence-corrected chi connectivity index (χ4v) is 4.74. The van der Waals surface area contributed by atoms with Crippen molar-refractivity contribution in [2.24, 2.45) is 0 Å². The predicted molar refractivity (Wildman–Crippen MR) is 167 cm³/mol. The molecule has 0 heterocycles. The third kappa shape index (κ3) is 10.0. The molecule has 0 fully saturated rings. The van der Waals surface area contributed by atoms with E-state index in [9.17, 15) is 19.5 Å². The van der Waals surface area contributed by atoms with Crippen molar-refractivity contribution in [1.82, 2.24) is 16.0 Å². The van der Waals surface area contributed by atoms with Crippen LogP contribution in [-0.2, 0) is 28.9 Å². The van der Waals surface area contributed by atoms with Crippen LogP contribution in [-0.4, -0.2) is 75.1 Å². The summed E-state index contributed by atoms with van der Waals surface area (Å²) in [5.74, 6) is 0.601. The third-order valence-electron chi connectivity index (χ3n) is 6.82. The van der Waals surface area contributed by atoms with Gasteiger partial charge in [-0.1, -0.05) is 42.5 Å². The largest absolute Gasteiger partial charge is 0.496 e. The molecule has 11 heteroatoms. The normalized spacial score (nSPS) is 12.9. The Labute approximate surface area is 257 Å². The number of hydrogen-bond donors (Lipinski definition) is 5. The van der Waals surface area contributed by atoms with Gasteiger partial charge in [0.05, 0.1) is 32.1 Å². The Morgan fingerprint density at radius 3 is 2.09 bits per heavy atom. The summed E-state index contributed by atoms with van der Waals surface area (Å²) in [6, 6.07) is 18.8. The molecule has 0 aliphatic rings. The summed E-state index contributed by atoms with van der Waals surface area (Å²) in [6.45, 7) is 0.521. The number of thiol groups is 1. The first kappa shape index (κ1) is 33.4. The Kier molecular flexibility index (Phi) is 13.3. The molecule has 10 nitrogen and oxygen atoms in total. The second kappa shape index (κ2) is 17.2. The average molecular weight is 610 g/mol. The van der Waals surface area contributed by atoms with Gasteiger partial charge in [0.25, 0.3) is 0 Å². The molecule has 0 aromatic heterocycles. The first-order chi connectivity index (χ1) is 20.8. The Morgan fingerprint density at radius 2 is 1.44 bits per heavy atom. The monoisotopic (exact) mass is 609 g/mol. The topological polar surface area (TPSA) is 135 Å². The number of methoxy groups -OCH3 is 3. The number of rotatable bonds is 17. The second-order valence-electron chi connectivity index (χ2n) is 9.77. The van der Waals surface area contributed by atoms with Crippen LogP contribution in [0.15, 0.2) is 66.7 Å². The molecule has 0 aliphatic heterocycles. The molecule has 2 amide bonds. The molecule has 0 bridgehead atoms. The van der Waals surface area contributed by atoms with Gasteiger partial charge in [0.15, 0.2) is 17.8 Å². The van der Waals surface area contributed by atoms with Crippen molar-refractivity contribution in [2.45, 2.75) is 36.8 Å². The van der Waals surface area contributed by atoms with Gasteiger partial charge < -0.3 is 30.0 Å². The van der Waals surface area contributed by atoms with Gasteiger partial charge in [0.1, 0.15) is 18.0 Å². The highest BCUT2D eigenvalue weighted by Crippen LogP contribution is 2.27. The highest BCUT2D eigenvalue weighted by Gasteiger charge is 2.30. The molecule has 2 unspecified atom stereocenters. The van der Waals surface area contributed by atoms with E-state index in [2.05, 4.69) is 28.6 Å². The van der Waals surface area contributed by atoms with Crippen LogP contribution in [0.4, 0.5) is 0 Å². The number of benzene rings is 3. The van der Waals surface area contributed by atoms with E-state index in [1.807, 2.05) is 48.5 Å². The standard InChI is InChI=1S/C32H39N3O7S/c1-40-25-11-9-22(17-24(25)20-36)13-15-33-31(38)29(35-30(37)28(43)19-21-7-5-4-6-8-21)32(39)34-16-14-23-10-12-26(41-2)27(18-23)42-3/h4-12,17-18,20,28-29,31,33,38,43H,13-16,19H2,1-3H3,(H,34,39)(H,35,37)/t28-,29?,31?/m0/s1. The van der Waals surface area contributed by atoms with Crippen LogP contribution < -0.4 is 30.2 Å². The SMILES string of the molecule is COc1ccc(CCNC(O)C(NC(=O)[C@@H](S)Cc2ccccc2)C(=O)NCCc2ccc(OC)c(OC)c2)cc1C=O. The number of hydrogen-bond acceptors (Lipinski definition) is 9. The minimum atomic E-state index is -1.40. The van der Waals surface area contributed by atoms with Crippen LogP contribution in [0.2, 0.25) is 0 Å². The van der Waals surface area contributed by atoms with E-state index >= 15 is 0 Å². The fourth-order valence-electron chi connectivity index (χ4n) is 4.46. The molecule has 3 rings (SSSR count). The first-order valence-electron chi connectivity index (χ1n) is 13.8. The quantitative estimate of drug-likeness (QED) is 0.0895. The second-order valence-corrected chi connectivity index (χ2v) is 10.4. The highest BCUT2D eigenvalue weighted by molar-refractivity contribution is 7.81. The van der Waals surface area contributed by atoms with Crippen molar-refractivity contribution < 1.29 is 33.7 Å². The summed E-state index contributed by atoms with van der Waals surface area (Å²) in [4.78, 5) is 37.7. The average Bonchev–Trinajstić information content (AvgIpc) is 3.03. The van der Waals surface area contributed by atoms with Crippen molar-refractivity contribution in [3.8, 4) is 17.2 Å². The molecule has 3 aromatic rings. The number of ether oxygens (including phenoxy) is 3. The molecule has 230 valence electrons. The molecule has 0 radical (unpaired) electrons. The van der Waals surface area contributed by atoms with Crippen LogP contribution in [0.25, 0.3) is 0 Å². The third-order valence-corrected chi connectivity index (χ3v) is 7.24. The van der Waals surface area contributed by atoms with Gasteiger partial charge in [-0.05, 0) is 60.2 Å². The summed E-state index contributed by atoms with van der Waals surface area (Å²) < 4.78 is 15.8. The summed E-state index contributed by atoms with van der Waals surface area (Å²) in [6.07, 6.45) is 0.601. The lowest BCUT2D eigenvalue weighted by Gasteiger charge is -2.25. The maximum Gasteiger partial charge on any atom is 0.246 e. The van der Waals surface area contributed by atoms with Crippen LogP contribution in [0.1, 0.15) is 27.0 Å². The highest BCUT2D eigenvalue weighted by atomic mass is 32.1. The van der Waals surface area contributed by atoms with Gasteiger partial charge >= 0.3 is 0 Å². The lowest BCUT2D eigenvalue weighted by Crippen LogP contribution is -2.59. The minimum Gasteiger partial charge on any atom is -0.496 e. The van der Waals surface area contributed by atoms with E-state index in [1.54, 1.807) is 32.4 Å². The van der Waals surface area contributed by atoms with Gasteiger partial charge in [-0.3, -0.25) is 19.7 Å². The molecule has 4 N–H and O–H groups in total. The Morgan fingerprint density at radius 1 is 0.814 bits per heavy atom. The summed E-state index contributed by atoms with van der Waals surface area (Å²) >= 11 is 4.45. The van der Waals surface area contributed by atoms with E-state index in [0.717, 1.165) is 16.7 Å². The Balaban J connectivity index is 1.65. The number of carbonyl (C=O) groups excluding carboxylic acids is 3. The number of aldehydes is 1. The smallest absolute Gasteiger partial charge is 0.246 e. The number of amides is 2. The van der Waals surface area contributed by atoms with Crippen LogP contribution in [0, 0.1) is 0 Å². The predicted octanol–water partition coefficient (Wildman–Crippen LogP) is 2.36. The molecule has 0 spiro atoms. The first-order valence-corrected chi connectivity index (χ1v) is 14.4. The Bertz CT molecular complexity index is 1360. The maximum atomic E-state index is 13.3. The van der Waals surface area contributed by atoms with Gasteiger partial charge in [0.2, 0.25) is 11.8 Å². The molecule has 43 heavy (non-hydrogen) atoms. The lowest BCUT2D eigenvalue weighted by atomic mass is 10.1. The van der Waals surface area contributed by atoms with Crippen molar-refractivity contribution in [3.63, 3.8) is 0 Å². The zero-order valence-corrected chi connectivity index (χ0v) is 25.4. The molecule has 0 aliphatic carbocycles. The zero-order valence-electron chi connectivity index (χ0n) is 24.5. The minimum absolute atomic E-state index is 0.252.